The summed E-state index contributed by atoms with van der Waals surface area (Å²) in [5.74, 6) is 0. The number of hydrogen-bond acceptors (Lipinski definition) is 1. The van der Waals surface area contributed by atoms with Gasteiger partial charge in [0.2, 0.25) is 0 Å². The molecule has 1 rings (SSSR count). The van der Waals surface area contributed by atoms with Crippen molar-refractivity contribution in [3.8, 4) is 0 Å². The Kier molecular flexibility index (Phi) is 3.00. The molecule has 0 radical (unpaired) electrons. The van der Waals surface area contributed by atoms with Crippen LogP contribution in [0.2, 0.25) is 0 Å². The molecule has 2 N–H and O–H groups in total. The van der Waals surface area contributed by atoms with Crippen molar-refractivity contribution in [1.82, 2.24) is 5.32 Å². The molecule has 0 saturated heterocycles. The highest BCUT2D eigenvalue weighted by Crippen LogP contribution is 2.22. The average Bonchev–Trinajstić information content (AvgIpc) is 1.93. The topological polar surface area (TPSA) is 49.3 Å². The van der Waals surface area contributed by atoms with Crippen LogP contribution in [-0.4, -0.2) is 22.6 Å². The number of carbonyl (C=O) groups is 1. The first-order valence-corrected chi connectivity index (χ1v) is 4.25. The summed E-state index contributed by atoms with van der Waals surface area (Å²) in [6.45, 7) is 0. The van der Waals surface area contributed by atoms with E-state index in [9.17, 15) is 4.79 Å². The molecule has 4 heteroatoms. The maximum atomic E-state index is 10.2. The van der Waals surface area contributed by atoms with Crippen molar-refractivity contribution < 1.29 is 9.90 Å². The fraction of sp³-hybridized carbons (Fsp3) is 0.857. The van der Waals surface area contributed by atoms with E-state index in [1.54, 1.807) is 0 Å². The minimum absolute atomic E-state index is 0.127. The van der Waals surface area contributed by atoms with Crippen molar-refractivity contribution in [3.05, 3.63) is 0 Å². The van der Waals surface area contributed by atoms with Crippen molar-refractivity contribution in [3.63, 3.8) is 0 Å². The van der Waals surface area contributed by atoms with Crippen LogP contribution in [0.3, 0.4) is 0 Å². The van der Waals surface area contributed by atoms with Crippen molar-refractivity contribution in [2.75, 3.05) is 0 Å². The van der Waals surface area contributed by atoms with Crippen LogP contribution in [0.15, 0.2) is 0 Å². The number of nitrogens with one attached hydrogen (secondary N) is 1. The van der Waals surface area contributed by atoms with E-state index in [1.807, 2.05) is 0 Å². The molecule has 0 unspecified atom stereocenters. The summed E-state index contributed by atoms with van der Waals surface area (Å²) in [7, 11) is 0. The SMILES string of the molecule is O=C(O)NC1CCC(Cl)CC1. The molecule has 0 aromatic rings. The Balaban J connectivity index is 2.22. The van der Waals surface area contributed by atoms with Gasteiger partial charge in [0.25, 0.3) is 0 Å². The Labute approximate surface area is 70.7 Å². The van der Waals surface area contributed by atoms with Crippen molar-refractivity contribution in [2.24, 2.45) is 0 Å². The maximum absolute atomic E-state index is 10.2. The summed E-state index contributed by atoms with van der Waals surface area (Å²) >= 11 is 5.84. The summed E-state index contributed by atoms with van der Waals surface area (Å²) < 4.78 is 0. The number of carboxylic acid groups (broad SMARTS) is 1. The van der Waals surface area contributed by atoms with Gasteiger partial charge in [0, 0.05) is 11.4 Å². The first kappa shape index (κ1) is 8.65. The molecule has 0 bridgehead atoms. The highest BCUT2D eigenvalue weighted by molar-refractivity contribution is 6.20. The van der Waals surface area contributed by atoms with Crippen LogP contribution >= 0.6 is 11.6 Å². The number of halogens is 1. The molecule has 0 aromatic carbocycles. The second-order valence-corrected chi connectivity index (χ2v) is 3.52. The summed E-state index contributed by atoms with van der Waals surface area (Å²) in [5.41, 5.74) is 0. The van der Waals surface area contributed by atoms with Crippen molar-refractivity contribution in [2.45, 2.75) is 37.1 Å². The smallest absolute Gasteiger partial charge is 0.404 e. The van der Waals surface area contributed by atoms with E-state index in [0.29, 0.717) is 0 Å². The number of hydrogen-bond donors (Lipinski definition) is 2. The Hall–Kier alpha value is -0.440. The minimum atomic E-state index is -0.928. The second-order valence-electron chi connectivity index (χ2n) is 2.90. The minimum Gasteiger partial charge on any atom is -0.465 e. The Bertz CT molecular complexity index is 143. The Morgan fingerprint density at radius 1 is 1.36 bits per heavy atom. The third kappa shape index (κ3) is 2.97. The molecule has 1 aliphatic carbocycles. The number of alkyl halides is 1. The highest BCUT2D eigenvalue weighted by Gasteiger charge is 2.20. The van der Waals surface area contributed by atoms with Gasteiger partial charge >= 0.3 is 6.09 Å². The van der Waals surface area contributed by atoms with E-state index >= 15 is 0 Å². The molecule has 3 nitrogen and oxygen atoms in total. The van der Waals surface area contributed by atoms with Crippen LogP contribution < -0.4 is 5.32 Å². The van der Waals surface area contributed by atoms with Gasteiger partial charge in [-0.2, -0.15) is 0 Å². The first-order valence-electron chi connectivity index (χ1n) is 3.82. The summed E-state index contributed by atoms with van der Waals surface area (Å²) in [6.07, 6.45) is 2.67. The lowest BCUT2D eigenvalue weighted by Crippen LogP contribution is -2.36. The molecule has 0 aromatic heterocycles. The third-order valence-electron chi connectivity index (χ3n) is 1.98. The maximum Gasteiger partial charge on any atom is 0.404 e. The lowest BCUT2D eigenvalue weighted by Gasteiger charge is -2.24. The molecule has 1 amide bonds. The van der Waals surface area contributed by atoms with E-state index < -0.39 is 6.09 Å². The summed E-state index contributed by atoms with van der Waals surface area (Å²) in [4.78, 5) is 10.2. The molecule has 0 aliphatic heterocycles. The second kappa shape index (κ2) is 3.81. The monoisotopic (exact) mass is 177 g/mol. The molecule has 0 heterocycles. The molecule has 64 valence electrons. The van der Waals surface area contributed by atoms with Gasteiger partial charge in [0.1, 0.15) is 0 Å². The molecule has 1 aliphatic rings. The highest BCUT2D eigenvalue weighted by atomic mass is 35.5. The fourth-order valence-electron chi connectivity index (χ4n) is 1.37. The quantitative estimate of drug-likeness (QED) is 0.601. The van der Waals surface area contributed by atoms with Crippen LogP contribution in [0.25, 0.3) is 0 Å². The largest absolute Gasteiger partial charge is 0.465 e. The zero-order valence-corrected chi connectivity index (χ0v) is 6.97. The Morgan fingerprint density at radius 2 is 1.91 bits per heavy atom. The summed E-state index contributed by atoms with van der Waals surface area (Å²) in [5, 5.41) is 11.1. The van der Waals surface area contributed by atoms with Gasteiger partial charge in [-0.25, -0.2) is 4.79 Å². The standard InChI is InChI=1S/C7H12ClNO2/c8-5-1-3-6(4-2-5)9-7(10)11/h5-6,9H,1-4H2,(H,10,11). The van der Waals surface area contributed by atoms with E-state index in [4.69, 9.17) is 16.7 Å². The van der Waals surface area contributed by atoms with E-state index in [-0.39, 0.29) is 11.4 Å². The zero-order valence-electron chi connectivity index (χ0n) is 6.22. The van der Waals surface area contributed by atoms with Crippen molar-refractivity contribution >= 4 is 17.7 Å². The average molecular weight is 178 g/mol. The van der Waals surface area contributed by atoms with Gasteiger partial charge in [-0.3, -0.25) is 0 Å². The molecular formula is C7H12ClNO2. The van der Waals surface area contributed by atoms with Crippen LogP contribution in [0.1, 0.15) is 25.7 Å². The lowest BCUT2D eigenvalue weighted by atomic mass is 9.95. The molecule has 1 saturated carbocycles. The van der Waals surface area contributed by atoms with Crippen LogP contribution in [0.4, 0.5) is 4.79 Å². The van der Waals surface area contributed by atoms with E-state index in [1.165, 1.54) is 0 Å². The third-order valence-corrected chi connectivity index (χ3v) is 2.42. The Morgan fingerprint density at radius 3 is 2.36 bits per heavy atom. The molecule has 1 fully saturated rings. The van der Waals surface area contributed by atoms with Gasteiger partial charge in [0.15, 0.2) is 0 Å². The van der Waals surface area contributed by atoms with Crippen LogP contribution in [-0.2, 0) is 0 Å². The normalized spacial score (nSPS) is 31.4. The zero-order chi connectivity index (χ0) is 8.27. The van der Waals surface area contributed by atoms with Gasteiger partial charge in [0.05, 0.1) is 0 Å². The fourth-order valence-corrected chi connectivity index (χ4v) is 1.62. The number of rotatable bonds is 1. The van der Waals surface area contributed by atoms with Crippen LogP contribution in [0, 0.1) is 0 Å². The van der Waals surface area contributed by atoms with Gasteiger partial charge in [-0.15, -0.1) is 11.6 Å². The number of amides is 1. The first-order chi connectivity index (χ1) is 5.18. The summed E-state index contributed by atoms with van der Waals surface area (Å²) in [6, 6.07) is 0.127. The predicted octanol–water partition coefficient (Wildman–Crippen LogP) is 1.80. The van der Waals surface area contributed by atoms with Gasteiger partial charge in [-0.1, -0.05) is 0 Å². The van der Waals surface area contributed by atoms with Crippen molar-refractivity contribution in [1.29, 1.82) is 0 Å². The van der Waals surface area contributed by atoms with E-state index in [2.05, 4.69) is 5.32 Å². The lowest BCUT2D eigenvalue weighted by molar-refractivity contribution is 0.186. The van der Waals surface area contributed by atoms with Crippen LogP contribution in [0.5, 0.6) is 0 Å². The van der Waals surface area contributed by atoms with Gasteiger partial charge in [-0.05, 0) is 25.7 Å². The molecule has 11 heavy (non-hydrogen) atoms. The van der Waals surface area contributed by atoms with Gasteiger partial charge < -0.3 is 10.4 Å². The molecular weight excluding hydrogens is 166 g/mol. The molecule has 0 spiro atoms. The van der Waals surface area contributed by atoms with E-state index in [0.717, 1.165) is 25.7 Å². The molecule has 0 atom stereocenters. The predicted molar refractivity (Wildman–Crippen MR) is 43.1 cm³/mol.